The van der Waals surface area contributed by atoms with Gasteiger partial charge >= 0.3 is 5.97 Å². The number of benzene rings is 2. The third kappa shape index (κ3) is 7.38. The standard InChI is InChI=1S/C29H38N2O7SSi/c1-19(28(34)39-23-11-9-8-10-12-23)26-25(20(2)38-40(6,7)29(3,4)5)27(33)30(26)17-24(32)37-18-21-13-15-22(16-14-21)31(35)36/h8-16,19-20,25-26H,17-18H2,1-7H3/t19-,20-,25-,26-/m1/s1. The Kier molecular flexibility index (Phi) is 9.97. The van der Waals surface area contributed by atoms with Crippen molar-refractivity contribution in [3.63, 3.8) is 0 Å². The van der Waals surface area contributed by atoms with Crippen LogP contribution < -0.4 is 0 Å². The van der Waals surface area contributed by atoms with Crippen molar-refractivity contribution in [2.24, 2.45) is 11.8 Å². The minimum atomic E-state index is -2.21. The van der Waals surface area contributed by atoms with Crippen molar-refractivity contribution in [2.45, 2.75) is 76.4 Å². The van der Waals surface area contributed by atoms with Gasteiger partial charge < -0.3 is 14.1 Å². The SMILES string of the molecule is C[C@@H](O[Si](C)(C)C(C)(C)C)[C@H]1C(=O)N(CC(=O)OCc2ccc([N+](=O)[O-])cc2)[C@@H]1[C@@H](C)C(=O)Sc1ccccc1. The second-order valence-electron chi connectivity index (χ2n) is 11.7. The molecular formula is C29H38N2O7SSi. The number of β-lactam (4-membered cyclic amide) rings is 1. The maximum absolute atomic E-state index is 13.4. The first-order valence-corrected chi connectivity index (χ1v) is 17.0. The van der Waals surface area contributed by atoms with E-state index in [9.17, 15) is 24.5 Å². The van der Waals surface area contributed by atoms with Gasteiger partial charge in [-0.05, 0) is 54.9 Å². The van der Waals surface area contributed by atoms with Crippen LogP contribution in [0.3, 0.4) is 0 Å². The molecule has 4 atom stereocenters. The lowest BCUT2D eigenvalue weighted by atomic mass is 9.77. The average Bonchev–Trinajstić information content (AvgIpc) is 2.88. The van der Waals surface area contributed by atoms with E-state index in [0.717, 1.165) is 16.7 Å². The monoisotopic (exact) mass is 586 g/mol. The van der Waals surface area contributed by atoms with Crippen LogP contribution >= 0.6 is 11.8 Å². The fraction of sp³-hybridized carbons (Fsp3) is 0.483. The van der Waals surface area contributed by atoms with Gasteiger partial charge in [-0.15, -0.1) is 0 Å². The molecule has 40 heavy (non-hydrogen) atoms. The van der Waals surface area contributed by atoms with Crippen molar-refractivity contribution >= 4 is 42.8 Å². The van der Waals surface area contributed by atoms with Crippen LogP contribution in [0, 0.1) is 22.0 Å². The Morgan fingerprint density at radius 2 is 1.68 bits per heavy atom. The Labute approximate surface area is 240 Å². The van der Waals surface area contributed by atoms with Gasteiger partial charge in [0.1, 0.15) is 13.2 Å². The number of non-ortho nitro benzene ring substituents is 1. The number of nitro groups is 1. The van der Waals surface area contributed by atoms with Crippen LogP contribution in [-0.4, -0.2) is 53.8 Å². The molecule has 1 aliphatic heterocycles. The lowest BCUT2D eigenvalue weighted by Crippen LogP contribution is -2.69. The number of thioether (sulfide) groups is 1. The summed E-state index contributed by atoms with van der Waals surface area (Å²) in [5.41, 5.74) is 0.527. The van der Waals surface area contributed by atoms with Crippen LogP contribution in [0.2, 0.25) is 18.1 Å². The van der Waals surface area contributed by atoms with Crippen molar-refractivity contribution < 1.29 is 28.5 Å². The van der Waals surface area contributed by atoms with Gasteiger partial charge in [0, 0.05) is 22.9 Å². The molecule has 0 bridgehead atoms. The topological polar surface area (TPSA) is 116 Å². The number of rotatable bonds is 11. The summed E-state index contributed by atoms with van der Waals surface area (Å²) in [5, 5.41) is 10.7. The van der Waals surface area contributed by atoms with Gasteiger partial charge in [-0.3, -0.25) is 24.5 Å². The number of hydrogen-bond acceptors (Lipinski definition) is 8. The molecule has 2 aromatic carbocycles. The molecule has 1 heterocycles. The normalized spacial score (nSPS) is 19.0. The molecule has 0 spiro atoms. The lowest BCUT2D eigenvalue weighted by molar-refractivity contribution is -0.384. The summed E-state index contributed by atoms with van der Waals surface area (Å²) in [6, 6.07) is 14.5. The van der Waals surface area contributed by atoms with Gasteiger partial charge in [-0.1, -0.05) is 57.7 Å². The maximum atomic E-state index is 13.4. The first-order chi connectivity index (χ1) is 18.6. The summed E-state index contributed by atoms with van der Waals surface area (Å²) in [6.45, 7) is 13.9. The highest BCUT2D eigenvalue weighted by Gasteiger charge is 2.56. The van der Waals surface area contributed by atoms with Gasteiger partial charge in [0.05, 0.1) is 23.0 Å². The van der Waals surface area contributed by atoms with Crippen molar-refractivity contribution in [3.05, 3.63) is 70.3 Å². The van der Waals surface area contributed by atoms with Gasteiger partial charge in [0.25, 0.3) is 5.69 Å². The third-order valence-electron chi connectivity index (χ3n) is 7.78. The minimum absolute atomic E-state index is 0.0591. The molecule has 0 aliphatic carbocycles. The number of nitro benzene ring substituents is 1. The lowest BCUT2D eigenvalue weighted by Gasteiger charge is -2.52. The Morgan fingerprint density at radius 1 is 1.07 bits per heavy atom. The first-order valence-electron chi connectivity index (χ1n) is 13.3. The van der Waals surface area contributed by atoms with Crippen LogP contribution in [0.25, 0.3) is 0 Å². The number of amides is 1. The zero-order valence-electron chi connectivity index (χ0n) is 24.1. The molecule has 0 N–H and O–H groups in total. The third-order valence-corrected chi connectivity index (χ3v) is 13.4. The highest BCUT2D eigenvalue weighted by Crippen LogP contribution is 2.43. The number of esters is 1. The minimum Gasteiger partial charge on any atom is -0.459 e. The molecule has 1 aliphatic rings. The van der Waals surface area contributed by atoms with Crippen LogP contribution in [0.5, 0.6) is 0 Å². The Hall–Kier alpha value is -3.02. The van der Waals surface area contributed by atoms with E-state index in [1.165, 1.54) is 29.2 Å². The average molecular weight is 587 g/mol. The van der Waals surface area contributed by atoms with Crippen LogP contribution in [-0.2, 0) is 30.2 Å². The second-order valence-corrected chi connectivity index (χ2v) is 17.5. The molecule has 1 fully saturated rings. The molecular weight excluding hydrogens is 548 g/mol. The highest BCUT2D eigenvalue weighted by molar-refractivity contribution is 8.13. The van der Waals surface area contributed by atoms with E-state index < -0.39 is 43.2 Å². The molecule has 0 radical (unpaired) electrons. The number of carbonyl (C=O) groups excluding carboxylic acids is 3. The van der Waals surface area contributed by atoms with Crippen molar-refractivity contribution in [3.8, 4) is 0 Å². The Bertz CT molecular complexity index is 1230. The van der Waals surface area contributed by atoms with Gasteiger partial charge in [-0.25, -0.2) is 0 Å². The molecule has 216 valence electrons. The predicted molar refractivity (Wildman–Crippen MR) is 156 cm³/mol. The van der Waals surface area contributed by atoms with Crippen molar-refractivity contribution in [1.82, 2.24) is 4.90 Å². The quantitative estimate of drug-likeness (QED) is 0.0806. The summed E-state index contributed by atoms with van der Waals surface area (Å²) in [5.74, 6) is -1.98. The fourth-order valence-corrected chi connectivity index (χ4v) is 6.73. The van der Waals surface area contributed by atoms with Gasteiger partial charge in [0.2, 0.25) is 5.91 Å². The van der Waals surface area contributed by atoms with Crippen molar-refractivity contribution in [2.75, 3.05) is 6.54 Å². The van der Waals surface area contributed by atoms with E-state index in [1.807, 2.05) is 37.3 Å². The van der Waals surface area contributed by atoms with Crippen molar-refractivity contribution in [1.29, 1.82) is 0 Å². The van der Waals surface area contributed by atoms with Gasteiger partial charge in [-0.2, -0.15) is 0 Å². The summed E-state index contributed by atoms with van der Waals surface area (Å²) < 4.78 is 11.9. The Balaban J connectivity index is 1.74. The molecule has 0 saturated carbocycles. The molecule has 1 saturated heterocycles. The van der Waals surface area contributed by atoms with E-state index in [4.69, 9.17) is 9.16 Å². The van der Waals surface area contributed by atoms with Crippen LogP contribution in [0.15, 0.2) is 59.5 Å². The molecule has 9 nitrogen and oxygen atoms in total. The number of likely N-dealkylation sites (tertiary alicyclic amines) is 1. The zero-order valence-corrected chi connectivity index (χ0v) is 25.9. The highest BCUT2D eigenvalue weighted by atomic mass is 32.2. The smallest absolute Gasteiger partial charge is 0.325 e. The van der Waals surface area contributed by atoms with Crippen LogP contribution in [0.4, 0.5) is 5.69 Å². The van der Waals surface area contributed by atoms with Gasteiger partial charge in [0.15, 0.2) is 13.4 Å². The molecule has 11 heteroatoms. The molecule has 2 aromatic rings. The molecule has 0 unspecified atom stereocenters. The summed E-state index contributed by atoms with van der Waals surface area (Å²) in [7, 11) is -2.21. The van der Waals surface area contributed by atoms with Crippen LogP contribution in [0.1, 0.15) is 40.2 Å². The van der Waals surface area contributed by atoms with E-state index in [2.05, 4.69) is 33.9 Å². The number of ether oxygens (including phenoxy) is 1. The van der Waals surface area contributed by atoms with E-state index in [1.54, 1.807) is 6.92 Å². The number of hydrogen-bond donors (Lipinski definition) is 0. The van der Waals surface area contributed by atoms with E-state index >= 15 is 0 Å². The predicted octanol–water partition coefficient (Wildman–Crippen LogP) is 5.83. The maximum Gasteiger partial charge on any atom is 0.325 e. The molecule has 1 amide bonds. The summed E-state index contributed by atoms with van der Waals surface area (Å²) in [6.07, 6.45) is -0.428. The summed E-state index contributed by atoms with van der Waals surface area (Å²) in [4.78, 5) is 52.1. The molecule has 3 rings (SSSR count). The second kappa shape index (κ2) is 12.7. The van der Waals surface area contributed by atoms with E-state index in [-0.39, 0.29) is 34.9 Å². The largest absolute Gasteiger partial charge is 0.459 e. The number of carbonyl (C=O) groups is 3. The fourth-order valence-electron chi connectivity index (χ4n) is 4.45. The van der Waals surface area contributed by atoms with E-state index in [0.29, 0.717) is 5.56 Å². The molecule has 0 aromatic heterocycles. The number of nitrogens with zero attached hydrogens (tertiary/aromatic N) is 2. The summed E-state index contributed by atoms with van der Waals surface area (Å²) >= 11 is 1.12. The Morgan fingerprint density at radius 3 is 2.23 bits per heavy atom. The first kappa shape index (κ1) is 31.5. The zero-order chi connectivity index (χ0) is 29.8.